The van der Waals surface area contributed by atoms with Gasteiger partial charge in [-0.15, -0.1) is 11.3 Å². The molecule has 2 aromatic heterocycles. The van der Waals surface area contributed by atoms with Crippen LogP contribution in [-0.2, 0) is 0 Å². The number of carbonyl (C=O) groups is 1. The first-order valence-electron chi connectivity index (χ1n) is 9.66. The first-order chi connectivity index (χ1) is 13.7. The number of hydrogen-bond donors (Lipinski definition) is 1. The normalized spacial score (nSPS) is 14.8. The van der Waals surface area contributed by atoms with Crippen LogP contribution >= 0.6 is 11.3 Å². The van der Waals surface area contributed by atoms with Crippen LogP contribution in [0.1, 0.15) is 29.0 Å². The van der Waals surface area contributed by atoms with E-state index in [4.69, 9.17) is 0 Å². The minimum absolute atomic E-state index is 0.0781. The van der Waals surface area contributed by atoms with E-state index in [0.717, 1.165) is 42.2 Å². The largest absolute Gasteiger partial charge is 0.371 e. The maximum Gasteiger partial charge on any atom is 0.270 e. The van der Waals surface area contributed by atoms with E-state index < -0.39 is 0 Å². The third-order valence-corrected chi connectivity index (χ3v) is 6.06. The van der Waals surface area contributed by atoms with Gasteiger partial charge in [-0.2, -0.15) is 0 Å². The molecule has 6 heteroatoms. The van der Waals surface area contributed by atoms with Crippen LogP contribution < -0.4 is 10.2 Å². The molecule has 3 heterocycles. The van der Waals surface area contributed by atoms with Crippen molar-refractivity contribution in [2.75, 3.05) is 24.5 Å². The van der Waals surface area contributed by atoms with Crippen LogP contribution in [0.25, 0.3) is 10.6 Å². The van der Waals surface area contributed by atoms with Gasteiger partial charge in [-0.1, -0.05) is 30.3 Å². The number of aromatic nitrogens is 2. The molecule has 1 fully saturated rings. The first kappa shape index (κ1) is 18.6. The number of pyridine rings is 1. The molecule has 5 nitrogen and oxygen atoms in total. The van der Waals surface area contributed by atoms with Gasteiger partial charge in [0.05, 0.1) is 0 Å². The molecule has 3 aromatic rings. The summed E-state index contributed by atoms with van der Waals surface area (Å²) < 4.78 is 0. The van der Waals surface area contributed by atoms with Gasteiger partial charge in [-0.25, -0.2) is 4.98 Å². The Hall–Kier alpha value is -2.73. The topological polar surface area (TPSA) is 58.1 Å². The van der Waals surface area contributed by atoms with Gasteiger partial charge >= 0.3 is 0 Å². The number of nitrogens with one attached hydrogen (secondary N) is 1. The van der Waals surface area contributed by atoms with E-state index in [2.05, 4.69) is 32.3 Å². The predicted octanol–water partition coefficient (Wildman–Crippen LogP) is 4.16. The molecule has 4 rings (SSSR count). The van der Waals surface area contributed by atoms with Crippen molar-refractivity contribution in [3.05, 3.63) is 65.4 Å². The monoisotopic (exact) mass is 392 g/mol. The van der Waals surface area contributed by atoms with E-state index in [1.54, 1.807) is 0 Å². The summed E-state index contributed by atoms with van der Waals surface area (Å²) in [5.41, 5.74) is 3.84. The molecule has 0 spiro atoms. The highest BCUT2D eigenvalue weighted by Crippen LogP contribution is 2.24. The number of piperidine rings is 1. The molecule has 0 bridgehead atoms. The van der Waals surface area contributed by atoms with Gasteiger partial charge in [0.25, 0.3) is 5.91 Å². The van der Waals surface area contributed by atoms with Gasteiger partial charge in [0.15, 0.2) is 0 Å². The second-order valence-electron chi connectivity index (χ2n) is 7.20. The molecule has 0 radical (unpaired) electrons. The number of amides is 1. The number of hydrogen-bond acceptors (Lipinski definition) is 5. The molecule has 0 atom stereocenters. The van der Waals surface area contributed by atoms with Crippen molar-refractivity contribution >= 4 is 22.9 Å². The van der Waals surface area contributed by atoms with E-state index in [0.29, 0.717) is 18.2 Å². The van der Waals surface area contributed by atoms with Crippen molar-refractivity contribution in [2.24, 2.45) is 5.92 Å². The summed E-state index contributed by atoms with van der Waals surface area (Å²) >= 11 is 1.51. The predicted molar refractivity (Wildman–Crippen MR) is 114 cm³/mol. The zero-order valence-corrected chi connectivity index (χ0v) is 16.8. The van der Waals surface area contributed by atoms with E-state index in [9.17, 15) is 4.79 Å². The Morgan fingerprint density at radius 3 is 2.75 bits per heavy atom. The molecule has 0 aliphatic carbocycles. The SMILES string of the molecule is Cc1cc(N2CCC(CNC(=O)c3csc(-c4ccccc4)n3)CC2)ccn1. The summed E-state index contributed by atoms with van der Waals surface area (Å²) in [6.07, 6.45) is 4.02. The lowest BCUT2D eigenvalue weighted by Gasteiger charge is -2.33. The summed E-state index contributed by atoms with van der Waals surface area (Å²) in [7, 11) is 0. The molecular weight excluding hydrogens is 368 g/mol. The second-order valence-corrected chi connectivity index (χ2v) is 8.06. The van der Waals surface area contributed by atoms with E-state index in [-0.39, 0.29) is 5.91 Å². The van der Waals surface area contributed by atoms with Gasteiger partial charge in [-0.05, 0) is 37.8 Å². The molecule has 1 aromatic carbocycles. The summed E-state index contributed by atoms with van der Waals surface area (Å²) in [6, 6.07) is 14.2. The van der Waals surface area contributed by atoms with Gasteiger partial charge in [-0.3, -0.25) is 9.78 Å². The molecule has 0 unspecified atom stereocenters. The maximum absolute atomic E-state index is 12.5. The minimum atomic E-state index is -0.0781. The number of thiazole rings is 1. The van der Waals surface area contributed by atoms with E-state index in [1.165, 1.54) is 17.0 Å². The molecule has 1 amide bonds. The quantitative estimate of drug-likeness (QED) is 0.708. The first-order valence-corrected chi connectivity index (χ1v) is 10.5. The van der Waals surface area contributed by atoms with Crippen LogP contribution in [0.5, 0.6) is 0 Å². The van der Waals surface area contributed by atoms with Crippen LogP contribution in [0.3, 0.4) is 0 Å². The van der Waals surface area contributed by atoms with Gasteiger partial charge in [0, 0.05) is 48.2 Å². The van der Waals surface area contributed by atoms with Gasteiger partial charge in [0.1, 0.15) is 10.7 Å². The van der Waals surface area contributed by atoms with Gasteiger partial charge < -0.3 is 10.2 Å². The average Bonchev–Trinajstić information content (AvgIpc) is 3.23. The van der Waals surface area contributed by atoms with Gasteiger partial charge in [0.2, 0.25) is 0 Å². The maximum atomic E-state index is 12.5. The number of carbonyl (C=O) groups excluding carboxylic acids is 1. The molecule has 1 aliphatic heterocycles. The summed E-state index contributed by atoms with van der Waals surface area (Å²) in [6.45, 7) is 4.76. The highest BCUT2D eigenvalue weighted by Gasteiger charge is 2.21. The fraction of sp³-hybridized carbons (Fsp3) is 0.318. The third kappa shape index (κ3) is 4.39. The highest BCUT2D eigenvalue weighted by molar-refractivity contribution is 7.13. The molecule has 1 aliphatic rings. The number of nitrogens with zero attached hydrogens (tertiary/aromatic N) is 3. The number of anilines is 1. The number of benzene rings is 1. The van der Waals surface area contributed by atoms with Crippen molar-refractivity contribution < 1.29 is 4.79 Å². The Labute approximate surface area is 169 Å². The van der Waals surface area contributed by atoms with Crippen LogP contribution in [0.4, 0.5) is 5.69 Å². The summed E-state index contributed by atoms with van der Waals surface area (Å²) in [5.74, 6) is 0.431. The lowest BCUT2D eigenvalue weighted by molar-refractivity contribution is 0.0940. The molecule has 144 valence electrons. The molecular formula is C22H24N4OS. The number of aryl methyl sites for hydroxylation is 1. The smallest absolute Gasteiger partial charge is 0.270 e. The zero-order chi connectivity index (χ0) is 19.3. The molecule has 1 saturated heterocycles. The fourth-order valence-corrected chi connectivity index (χ4v) is 4.35. The van der Waals surface area contributed by atoms with Crippen molar-refractivity contribution in [3.63, 3.8) is 0 Å². The highest BCUT2D eigenvalue weighted by atomic mass is 32.1. The minimum Gasteiger partial charge on any atom is -0.371 e. The molecule has 0 saturated carbocycles. The van der Waals surface area contributed by atoms with Crippen molar-refractivity contribution in [1.82, 2.24) is 15.3 Å². The van der Waals surface area contributed by atoms with Crippen LogP contribution in [0.2, 0.25) is 0 Å². The van der Waals surface area contributed by atoms with E-state index >= 15 is 0 Å². The van der Waals surface area contributed by atoms with E-state index in [1.807, 2.05) is 48.8 Å². The standard InChI is InChI=1S/C22H24N4OS/c1-16-13-19(7-10-23-16)26-11-8-17(9-12-26)14-24-21(27)20-15-28-22(25-20)18-5-3-2-4-6-18/h2-7,10,13,15,17H,8-9,11-12,14H2,1H3,(H,24,27). The Kier molecular flexibility index (Phi) is 5.67. The van der Waals surface area contributed by atoms with Crippen LogP contribution in [0, 0.1) is 12.8 Å². The Morgan fingerprint density at radius 2 is 2.00 bits per heavy atom. The molecule has 1 N–H and O–H groups in total. The van der Waals surface area contributed by atoms with Crippen molar-refractivity contribution in [2.45, 2.75) is 19.8 Å². The zero-order valence-electron chi connectivity index (χ0n) is 16.0. The average molecular weight is 393 g/mol. The van der Waals surface area contributed by atoms with Crippen molar-refractivity contribution in [3.8, 4) is 10.6 Å². The molecule has 28 heavy (non-hydrogen) atoms. The lowest BCUT2D eigenvalue weighted by Crippen LogP contribution is -2.38. The van der Waals surface area contributed by atoms with Crippen molar-refractivity contribution in [1.29, 1.82) is 0 Å². The Bertz CT molecular complexity index is 932. The second kappa shape index (κ2) is 8.52. The summed E-state index contributed by atoms with van der Waals surface area (Å²) in [5, 5.41) is 5.79. The lowest BCUT2D eigenvalue weighted by atomic mass is 9.96. The Balaban J connectivity index is 1.27. The third-order valence-electron chi connectivity index (χ3n) is 5.17. The van der Waals surface area contributed by atoms with Crippen LogP contribution in [0.15, 0.2) is 54.0 Å². The number of rotatable bonds is 5. The Morgan fingerprint density at radius 1 is 1.21 bits per heavy atom. The van der Waals surface area contributed by atoms with Crippen LogP contribution in [-0.4, -0.2) is 35.5 Å². The fourth-order valence-electron chi connectivity index (χ4n) is 3.54. The summed E-state index contributed by atoms with van der Waals surface area (Å²) in [4.78, 5) is 23.6.